The van der Waals surface area contributed by atoms with Crippen LogP contribution in [0.1, 0.15) is 21.5 Å². The fourth-order valence-corrected chi connectivity index (χ4v) is 3.84. The summed E-state index contributed by atoms with van der Waals surface area (Å²) in [6, 6.07) is 13.5. The number of aromatic nitrogens is 6. The van der Waals surface area contributed by atoms with Gasteiger partial charge in [-0.05, 0) is 35.4 Å². The summed E-state index contributed by atoms with van der Waals surface area (Å²) in [6.07, 6.45) is 8.25. The predicted octanol–water partition coefficient (Wildman–Crippen LogP) is 2.46. The van der Waals surface area contributed by atoms with Crippen LogP contribution in [0.2, 0.25) is 0 Å². The van der Waals surface area contributed by atoms with Crippen LogP contribution in [0.25, 0.3) is 11.0 Å². The lowest BCUT2D eigenvalue weighted by Gasteiger charge is -2.08. The molecule has 176 valence electrons. The Kier molecular flexibility index (Phi) is 6.16. The zero-order valence-electron chi connectivity index (χ0n) is 18.7. The lowest BCUT2D eigenvalue weighted by Crippen LogP contribution is -2.27. The summed E-state index contributed by atoms with van der Waals surface area (Å²) in [5.74, 6) is -0.550. The van der Waals surface area contributed by atoms with E-state index in [2.05, 4.69) is 20.4 Å². The summed E-state index contributed by atoms with van der Waals surface area (Å²) in [5, 5.41) is 7.49. The molecule has 5 aromatic rings. The zero-order chi connectivity index (χ0) is 24.2. The second kappa shape index (κ2) is 9.72. The van der Waals surface area contributed by atoms with Crippen molar-refractivity contribution in [2.45, 2.75) is 19.6 Å². The summed E-state index contributed by atoms with van der Waals surface area (Å²) in [6.45, 7) is 1.57. The average molecular weight is 471 g/mol. The molecular weight excluding hydrogens is 449 g/mol. The lowest BCUT2D eigenvalue weighted by atomic mass is 10.1. The number of amides is 1. The molecule has 1 amide bonds. The van der Waals surface area contributed by atoms with Gasteiger partial charge in [0.2, 0.25) is 0 Å². The molecule has 0 spiro atoms. The van der Waals surface area contributed by atoms with E-state index in [1.165, 1.54) is 29.2 Å². The highest BCUT2D eigenvalue weighted by molar-refractivity contribution is 5.94. The van der Waals surface area contributed by atoms with Crippen LogP contribution >= 0.6 is 0 Å². The summed E-state index contributed by atoms with van der Waals surface area (Å²) >= 11 is 0. The van der Waals surface area contributed by atoms with Crippen molar-refractivity contribution in [2.24, 2.45) is 0 Å². The molecule has 0 saturated heterocycles. The van der Waals surface area contributed by atoms with Crippen molar-refractivity contribution in [3.8, 4) is 0 Å². The van der Waals surface area contributed by atoms with E-state index >= 15 is 0 Å². The maximum atomic E-state index is 13.4. The SMILES string of the molecule is O=C(NCCn1ncc2c(=O)n(Cc3cccc(F)c3)cnc21)c1ccc(Cn2ccnc2)cc1. The molecule has 35 heavy (non-hydrogen) atoms. The van der Waals surface area contributed by atoms with Crippen LogP contribution < -0.4 is 10.9 Å². The smallest absolute Gasteiger partial charge is 0.264 e. The number of nitrogens with one attached hydrogen (secondary N) is 1. The highest BCUT2D eigenvalue weighted by Gasteiger charge is 2.12. The Hall–Kier alpha value is -4.60. The van der Waals surface area contributed by atoms with Crippen molar-refractivity contribution in [3.63, 3.8) is 0 Å². The minimum absolute atomic E-state index is 0.193. The first-order chi connectivity index (χ1) is 17.1. The Labute approximate surface area is 199 Å². The van der Waals surface area contributed by atoms with Crippen LogP contribution in [-0.4, -0.2) is 41.3 Å². The number of rotatable bonds is 8. The molecule has 0 bridgehead atoms. The van der Waals surface area contributed by atoms with Gasteiger partial charge < -0.3 is 9.88 Å². The number of hydrogen-bond acceptors (Lipinski definition) is 5. The lowest BCUT2D eigenvalue weighted by molar-refractivity contribution is 0.0952. The molecule has 0 unspecified atom stereocenters. The van der Waals surface area contributed by atoms with Gasteiger partial charge in [-0.25, -0.2) is 19.0 Å². The first-order valence-corrected chi connectivity index (χ1v) is 11.0. The van der Waals surface area contributed by atoms with Crippen LogP contribution in [0, 0.1) is 5.82 Å². The molecule has 0 aliphatic heterocycles. The molecule has 0 fully saturated rings. The van der Waals surface area contributed by atoms with E-state index in [4.69, 9.17) is 0 Å². The van der Waals surface area contributed by atoms with Crippen LogP contribution in [0.5, 0.6) is 0 Å². The topological polar surface area (TPSA) is 99.6 Å². The third kappa shape index (κ3) is 5.01. The van der Waals surface area contributed by atoms with E-state index in [-0.39, 0.29) is 23.8 Å². The summed E-state index contributed by atoms with van der Waals surface area (Å²) < 4.78 is 18.4. The van der Waals surface area contributed by atoms with Crippen molar-refractivity contribution in [3.05, 3.63) is 113 Å². The Bertz CT molecular complexity index is 1520. The normalized spacial score (nSPS) is 11.1. The van der Waals surface area contributed by atoms with Gasteiger partial charge in [-0.3, -0.25) is 14.2 Å². The minimum atomic E-state index is -0.357. The number of fused-ring (bicyclic) bond motifs is 1. The summed E-state index contributed by atoms with van der Waals surface area (Å²) in [7, 11) is 0. The van der Waals surface area contributed by atoms with Crippen LogP contribution in [0.3, 0.4) is 0 Å². The molecule has 0 aliphatic rings. The predicted molar refractivity (Wildman–Crippen MR) is 127 cm³/mol. The molecule has 9 nitrogen and oxygen atoms in total. The van der Waals surface area contributed by atoms with Crippen molar-refractivity contribution >= 4 is 16.9 Å². The van der Waals surface area contributed by atoms with Crippen molar-refractivity contribution in [2.75, 3.05) is 6.54 Å². The number of halogens is 1. The fraction of sp³-hybridized carbons (Fsp3) is 0.160. The Morgan fingerprint density at radius 1 is 1.03 bits per heavy atom. The summed E-state index contributed by atoms with van der Waals surface area (Å²) in [5.41, 5.74) is 2.46. The highest BCUT2D eigenvalue weighted by Crippen LogP contribution is 2.09. The van der Waals surface area contributed by atoms with Gasteiger partial charge in [0.15, 0.2) is 5.65 Å². The highest BCUT2D eigenvalue weighted by atomic mass is 19.1. The quantitative estimate of drug-likeness (QED) is 0.375. The number of nitrogens with zero attached hydrogens (tertiary/aromatic N) is 6. The van der Waals surface area contributed by atoms with E-state index < -0.39 is 0 Å². The fourth-order valence-electron chi connectivity index (χ4n) is 3.84. The van der Waals surface area contributed by atoms with Crippen molar-refractivity contribution in [1.82, 2.24) is 34.2 Å². The zero-order valence-corrected chi connectivity index (χ0v) is 18.7. The van der Waals surface area contributed by atoms with E-state index in [9.17, 15) is 14.0 Å². The first-order valence-electron chi connectivity index (χ1n) is 11.0. The largest absolute Gasteiger partial charge is 0.350 e. The molecule has 2 aromatic carbocycles. The molecule has 0 radical (unpaired) electrons. The second-order valence-corrected chi connectivity index (χ2v) is 8.10. The number of carbonyl (C=O) groups excluding carboxylic acids is 1. The molecule has 0 atom stereocenters. The van der Waals surface area contributed by atoms with Crippen LogP contribution in [0.15, 0.2) is 84.6 Å². The Morgan fingerprint density at radius 3 is 2.66 bits per heavy atom. The van der Waals surface area contributed by atoms with Gasteiger partial charge in [-0.1, -0.05) is 24.3 Å². The number of carbonyl (C=O) groups is 1. The van der Waals surface area contributed by atoms with E-state index in [0.29, 0.717) is 41.8 Å². The van der Waals surface area contributed by atoms with E-state index in [1.807, 2.05) is 22.9 Å². The van der Waals surface area contributed by atoms with Gasteiger partial charge in [0.25, 0.3) is 11.5 Å². The number of hydrogen-bond donors (Lipinski definition) is 1. The van der Waals surface area contributed by atoms with Gasteiger partial charge in [-0.2, -0.15) is 5.10 Å². The van der Waals surface area contributed by atoms with Crippen molar-refractivity contribution < 1.29 is 9.18 Å². The maximum absolute atomic E-state index is 13.4. The standard InChI is InChI=1S/C25H22FN7O2/c26-21-3-1-2-19(12-21)15-32-17-29-23-22(25(32)35)13-30-33(23)11-9-28-24(34)20-6-4-18(5-7-20)14-31-10-8-27-16-31/h1-8,10,12-13,16-17H,9,11,14-15H2,(H,28,34). The third-order valence-corrected chi connectivity index (χ3v) is 5.61. The Balaban J connectivity index is 1.20. The molecule has 1 N–H and O–H groups in total. The van der Waals surface area contributed by atoms with Gasteiger partial charge >= 0.3 is 0 Å². The molecule has 0 saturated carbocycles. The van der Waals surface area contributed by atoms with Gasteiger partial charge in [0.1, 0.15) is 17.5 Å². The Morgan fingerprint density at radius 2 is 1.89 bits per heavy atom. The minimum Gasteiger partial charge on any atom is -0.350 e. The molecule has 5 rings (SSSR count). The van der Waals surface area contributed by atoms with Gasteiger partial charge in [0, 0.05) is 31.0 Å². The van der Waals surface area contributed by atoms with Gasteiger partial charge in [0.05, 0.1) is 25.6 Å². The molecule has 10 heteroatoms. The van der Waals surface area contributed by atoms with E-state index in [0.717, 1.165) is 5.56 Å². The number of imidazole rings is 1. The average Bonchev–Trinajstić information content (AvgIpc) is 3.52. The molecular formula is C25H22FN7O2. The second-order valence-electron chi connectivity index (χ2n) is 8.10. The third-order valence-electron chi connectivity index (χ3n) is 5.61. The monoisotopic (exact) mass is 471 g/mol. The van der Waals surface area contributed by atoms with Crippen LogP contribution in [-0.2, 0) is 19.6 Å². The molecule has 0 aliphatic carbocycles. The summed E-state index contributed by atoms with van der Waals surface area (Å²) in [4.78, 5) is 33.7. The van der Waals surface area contributed by atoms with Gasteiger partial charge in [-0.15, -0.1) is 0 Å². The van der Waals surface area contributed by atoms with Crippen molar-refractivity contribution in [1.29, 1.82) is 0 Å². The maximum Gasteiger partial charge on any atom is 0.264 e. The molecule has 3 aromatic heterocycles. The van der Waals surface area contributed by atoms with E-state index in [1.54, 1.807) is 41.5 Å². The first kappa shape index (κ1) is 22.2. The number of benzene rings is 2. The molecule has 3 heterocycles. The van der Waals surface area contributed by atoms with Crippen LogP contribution in [0.4, 0.5) is 4.39 Å².